The fourth-order valence-electron chi connectivity index (χ4n) is 2.56. The number of nitrogens with zero attached hydrogens (tertiary/aromatic N) is 1. The van der Waals surface area contributed by atoms with E-state index < -0.39 is 0 Å². The summed E-state index contributed by atoms with van der Waals surface area (Å²) >= 11 is 3.19. The molecule has 0 fully saturated rings. The van der Waals surface area contributed by atoms with E-state index in [0.717, 1.165) is 33.3 Å². The lowest BCUT2D eigenvalue weighted by molar-refractivity contribution is -0.113. The van der Waals surface area contributed by atoms with Gasteiger partial charge in [-0.3, -0.25) is 4.79 Å². The van der Waals surface area contributed by atoms with Gasteiger partial charge in [0.05, 0.1) is 18.6 Å². The van der Waals surface area contributed by atoms with Gasteiger partial charge in [-0.1, -0.05) is 12.1 Å². The first-order valence-electron chi connectivity index (χ1n) is 8.59. The van der Waals surface area contributed by atoms with Crippen molar-refractivity contribution in [3.8, 4) is 16.3 Å². The molecule has 0 aliphatic heterocycles. The SMILES string of the molecule is COc1ccc(-c2nc(CSCC(=O)Nc3cccc(C)c3C)cs2)cc1. The fraction of sp³-hybridized carbons (Fsp3) is 0.238. The summed E-state index contributed by atoms with van der Waals surface area (Å²) < 4.78 is 5.18. The zero-order valence-corrected chi connectivity index (χ0v) is 17.2. The van der Waals surface area contributed by atoms with Gasteiger partial charge < -0.3 is 10.1 Å². The standard InChI is InChI=1S/C21H22N2O2S2/c1-14-5-4-6-19(15(14)2)23-20(24)13-26-11-17-12-27-21(22-17)16-7-9-18(25-3)10-8-16/h4-10,12H,11,13H2,1-3H3,(H,23,24). The molecular formula is C21H22N2O2S2. The van der Waals surface area contributed by atoms with Gasteiger partial charge in [-0.25, -0.2) is 4.98 Å². The molecule has 0 aliphatic carbocycles. The second-order valence-electron chi connectivity index (χ2n) is 6.16. The van der Waals surface area contributed by atoms with Crippen molar-refractivity contribution in [3.63, 3.8) is 0 Å². The number of anilines is 1. The van der Waals surface area contributed by atoms with Crippen LogP contribution in [0.15, 0.2) is 47.8 Å². The predicted octanol–water partition coefficient (Wildman–Crippen LogP) is 5.31. The summed E-state index contributed by atoms with van der Waals surface area (Å²) in [6.07, 6.45) is 0. The first-order valence-corrected chi connectivity index (χ1v) is 10.6. The highest BCUT2D eigenvalue weighted by atomic mass is 32.2. The Morgan fingerprint density at radius 1 is 1.19 bits per heavy atom. The van der Waals surface area contributed by atoms with E-state index in [-0.39, 0.29) is 5.91 Å². The maximum atomic E-state index is 12.2. The second kappa shape index (κ2) is 9.06. The molecule has 4 nitrogen and oxygen atoms in total. The van der Waals surface area contributed by atoms with Gasteiger partial charge in [0.15, 0.2) is 0 Å². The fourth-order valence-corrected chi connectivity index (χ4v) is 4.21. The minimum Gasteiger partial charge on any atom is -0.497 e. The van der Waals surface area contributed by atoms with Gasteiger partial charge in [-0.05, 0) is 55.3 Å². The number of hydrogen-bond donors (Lipinski definition) is 1. The maximum absolute atomic E-state index is 12.2. The molecule has 140 valence electrons. The number of ether oxygens (including phenoxy) is 1. The van der Waals surface area contributed by atoms with Crippen molar-refractivity contribution in [3.05, 3.63) is 64.7 Å². The lowest BCUT2D eigenvalue weighted by Crippen LogP contribution is -2.15. The van der Waals surface area contributed by atoms with Crippen LogP contribution in [0.25, 0.3) is 10.6 Å². The number of carbonyl (C=O) groups excluding carboxylic acids is 1. The molecule has 3 aromatic rings. The Hall–Kier alpha value is -2.31. The van der Waals surface area contributed by atoms with Crippen molar-refractivity contribution in [1.82, 2.24) is 4.98 Å². The van der Waals surface area contributed by atoms with Crippen molar-refractivity contribution in [2.75, 3.05) is 18.2 Å². The summed E-state index contributed by atoms with van der Waals surface area (Å²) in [5.74, 6) is 1.97. The number of thiazole rings is 1. The summed E-state index contributed by atoms with van der Waals surface area (Å²) in [6.45, 7) is 4.07. The normalized spacial score (nSPS) is 10.6. The van der Waals surface area contributed by atoms with E-state index in [9.17, 15) is 4.79 Å². The summed E-state index contributed by atoms with van der Waals surface area (Å²) in [4.78, 5) is 16.9. The van der Waals surface area contributed by atoms with E-state index in [2.05, 4.69) is 15.7 Å². The molecule has 3 rings (SSSR count). The zero-order chi connectivity index (χ0) is 19.2. The Kier molecular flexibility index (Phi) is 6.53. The van der Waals surface area contributed by atoms with Crippen LogP contribution in [0.3, 0.4) is 0 Å². The van der Waals surface area contributed by atoms with Crippen LogP contribution < -0.4 is 10.1 Å². The summed E-state index contributed by atoms with van der Waals surface area (Å²) in [5, 5.41) is 6.02. The third-order valence-corrected chi connectivity index (χ3v) is 6.16. The Balaban J connectivity index is 1.51. The van der Waals surface area contributed by atoms with E-state index >= 15 is 0 Å². The van der Waals surface area contributed by atoms with Gasteiger partial charge in [0.2, 0.25) is 5.91 Å². The molecule has 0 saturated carbocycles. The van der Waals surface area contributed by atoms with E-state index in [1.807, 2.05) is 56.3 Å². The van der Waals surface area contributed by atoms with Crippen LogP contribution in [0.1, 0.15) is 16.8 Å². The van der Waals surface area contributed by atoms with Crippen LogP contribution in [0.4, 0.5) is 5.69 Å². The number of carbonyl (C=O) groups is 1. The minimum atomic E-state index is 0.0132. The molecule has 0 aliphatic rings. The average Bonchev–Trinajstić information content (AvgIpc) is 3.14. The van der Waals surface area contributed by atoms with Crippen LogP contribution in [0.5, 0.6) is 5.75 Å². The zero-order valence-electron chi connectivity index (χ0n) is 15.6. The molecule has 1 aromatic heterocycles. The Morgan fingerprint density at radius 2 is 1.96 bits per heavy atom. The van der Waals surface area contributed by atoms with Crippen LogP contribution in [0, 0.1) is 13.8 Å². The molecular weight excluding hydrogens is 376 g/mol. The second-order valence-corrected chi connectivity index (χ2v) is 8.00. The summed E-state index contributed by atoms with van der Waals surface area (Å²) in [6, 6.07) is 13.8. The van der Waals surface area contributed by atoms with Crippen molar-refractivity contribution in [1.29, 1.82) is 0 Å². The number of hydrogen-bond acceptors (Lipinski definition) is 5. The number of thioether (sulfide) groups is 1. The van der Waals surface area contributed by atoms with E-state index in [0.29, 0.717) is 11.5 Å². The quantitative estimate of drug-likeness (QED) is 0.586. The monoisotopic (exact) mass is 398 g/mol. The van der Waals surface area contributed by atoms with Crippen molar-refractivity contribution in [2.24, 2.45) is 0 Å². The van der Waals surface area contributed by atoms with E-state index in [1.54, 1.807) is 30.2 Å². The minimum absolute atomic E-state index is 0.0132. The number of aryl methyl sites for hydroxylation is 1. The van der Waals surface area contributed by atoms with E-state index in [4.69, 9.17) is 4.74 Å². The van der Waals surface area contributed by atoms with E-state index in [1.165, 1.54) is 5.56 Å². The van der Waals surface area contributed by atoms with Crippen molar-refractivity contribution in [2.45, 2.75) is 19.6 Å². The number of aromatic nitrogens is 1. The number of amides is 1. The largest absolute Gasteiger partial charge is 0.497 e. The third-order valence-electron chi connectivity index (χ3n) is 4.25. The number of rotatable bonds is 7. The molecule has 6 heteroatoms. The highest BCUT2D eigenvalue weighted by molar-refractivity contribution is 7.99. The Labute approximate surface area is 168 Å². The van der Waals surface area contributed by atoms with Gasteiger partial charge in [0.1, 0.15) is 10.8 Å². The maximum Gasteiger partial charge on any atom is 0.234 e. The van der Waals surface area contributed by atoms with Crippen LogP contribution >= 0.6 is 23.1 Å². The molecule has 1 heterocycles. The third kappa shape index (κ3) is 5.11. The number of benzene rings is 2. The topological polar surface area (TPSA) is 51.2 Å². The lowest BCUT2D eigenvalue weighted by Gasteiger charge is -2.10. The molecule has 1 N–H and O–H groups in total. The van der Waals surface area contributed by atoms with Crippen molar-refractivity contribution >= 4 is 34.7 Å². The first-order chi connectivity index (χ1) is 13.1. The van der Waals surface area contributed by atoms with Gasteiger partial charge in [0.25, 0.3) is 0 Å². The number of methoxy groups -OCH3 is 1. The van der Waals surface area contributed by atoms with Crippen LogP contribution in [-0.2, 0) is 10.5 Å². The molecule has 0 bridgehead atoms. The molecule has 0 spiro atoms. The average molecular weight is 399 g/mol. The molecule has 0 radical (unpaired) electrons. The predicted molar refractivity (Wildman–Crippen MR) is 115 cm³/mol. The number of nitrogens with one attached hydrogen (secondary N) is 1. The van der Waals surface area contributed by atoms with Gasteiger partial charge in [0, 0.05) is 22.4 Å². The highest BCUT2D eigenvalue weighted by Gasteiger charge is 2.09. The molecule has 27 heavy (non-hydrogen) atoms. The molecule has 1 amide bonds. The highest BCUT2D eigenvalue weighted by Crippen LogP contribution is 2.27. The molecule has 0 atom stereocenters. The van der Waals surface area contributed by atoms with Gasteiger partial charge >= 0.3 is 0 Å². The van der Waals surface area contributed by atoms with Crippen LogP contribution in [-0.4, -0.2) is 23.8 Å². The van der Waals surface area contributed by atoms with Gasteiger partial charge in [-0.15, -0.1) is 23.1 Å². The first kappa shape index (κ1) is 19.5. The Morgan fingerprint density at radius 3 is 2.70 bits per heavy atom. The summed E-state index contributed by atoms with van der Waals surface area (Å²) in [7, 11) is 1.66. The molecule has 0 saturated heterocycles. The summed E-state index contributed by atoms with van der Waals surface area (Å²) in [5.41, 5.74) is 5.24. The lowest BCUT2D eigenvalue weighted by atomic mass is 10.1. The molecule has 2 aromatic carbocycles. The van der Waals surface area contributed by atoms with Crippen molar-refractivity contribution < 1.29 is 9.53 Å². The van der Waals surface area contributed by atoms with Crippen LogP contribution in [0.2, 0.25) is 0 Å². The molecule has 0 unspecified atom stereocenters. The Bertz CT molecular complexity index is 920. The smallest absolute Gasteiger partial charge is 0.234 e. The van der Waals surface area contributed by atoms with Gasteiger partial charge in [-0.2, -0.15) is 0 Å².